The van der Waals surface area contributed by atoms with Gasteiger partial charge in [0.2, 0.25) is 0 Å². The molecule has 0 atom stereocenters. The molecule has 3 rings (SSSR count). The summed E-state index contributed by atoms with van der Waals surface area (Å²) in [6.45, 7) is 3.58. The molecular weight excluding hydrogens is 310 g/mol. The fraction of sp³-hybridized carbons (Fsp3) is 0.125. The van der Waals surface area contributed by atoms with Gasteiger partial charge >= 0.3 is 0 Å². The van der Waals surface area contributed by atoms with Crippen LogP contribution in [-0.2, 0) is 0 Å². The van der Waals surface area contributed by atoms with Gasteiger partial charge in [0.25, 0.3) is 0 Å². The predicted octanol–water partition coefficient (Wildman–Crippen LogP) is 5.36. The van der Waals surface area contributed by atoms with Crippen molar-refractivity contribution in [3.8, 4) is 11.4 Å². The number of fused-ring (bicyclic) bond motifs is 1. The lowest BCUT2D eigenvalue weighted by Crippen LogP contribution is -1.95. The van der Waals surface area contributed by atoms with Crippen molar-refractivity contribution in [3.63, 3.8) is 0 Å². The van der Waals surface area contributed by atoms with Crippen molar-refractivity contribution in [1.29, 1.82) is 0 Å². The van der Waals surface area contributed by atoms with Crippen molar-refractivity contribution < 1.29 is 4.39 Å². The smallest absolute Gasteiger partial charge is 0.163 e. The molecule has 0 unspecified atom stereocenters. The Morgan fingerprint density at radius 3 is 2.52 bits per heavy atom. The van der Waals surface area contributed by atoms with Gasteiger partial charge in [0.1, 0.15) is 11.0 Å². The van der Waals surface area contributed by atoms with E-state index >= 15 is 0 Å². The maximum atomic E-state index is 13.7. The first kappa shape index (κ1) is 14.2. The van der Waals surface area contributed by atoms with E-state index in [-0.39, 0.29) is 11.0 Å². The lowest BCUT2D eigenvalue weighted by molar-refractivity contribution is 0.620. The molecule has 0 fully saturated rings. The molecule has 1 aromatic heterocycles. The molecule has 0 spiro atoms. The summed E-state index contributed by atoms with van der Waals surface area (Å²) >= 11 is 12.5. The standard InChI is InChI=1S/C16H11Cl2FN2/c1-8-4-3-5-10(14(8)17)16-20-13-7-12(19)9(2)6-11(13)15(18)21-16/h3-7H,1-2H3. The monoisotopic (exact) mass is 320 g/mol. The van der Waals surface area contributed by atoms with E-state index in [1.165, 1.54) is 6.07 Å². The normalized spacial score (nSPS) is 11.1. The molecule has 0 N–H and O–H groups in total. The summed E-state index contributed by atoms with van der Waals surface area (Å²) < 4.78 is 13.7. The summed E-state index contributed by atoms with van der Waals surface area (Å²) in [5.74, 6) is 0.0722. The number of nitrogens with zero attached hydrogens (tertiary/aromatic N) is 2. The molecule has 2 aromatic carbocycles. The van der Waals surface area contributed by atoms with Crippen LogP contribution in [0.3, 0.4) is 0 Å². The molecule has 3 aromatic rings. The maximum absolute atomic E-state index is 13.7. The predicted molar refractivity (Wildman–Crippen MR) is 84.4 cm³/mol. The van der Waals surface area contributed by atoms with E-state index in [0.29, 0.717) is 32.9 Å². The number of aryl methyl sites for hydroxylation is 2. The zero-order chi connectivity index (χ0) is 15.1. The van der Waals surface area contributed by atoms with Gasteiger partial charge < -0.3 is 0 Å². The molecular formula is C16H11Cl2FN2. The van der Waals surface area contributed by atoms with Crippen LogP contribution in [0.1, 0.15) is 11.1 Å². The summed E-state index contributed by atoms with van der Waals surface area (Å²) in [4.78, 5) is 8.68. The van der Waals surface area contributed by atoms with E-state index < -0.39 is 0 Å². The van der Waals surface area contributed by atoms with Crippen molar-refractivity contribution in [2.75, 3.05) is 0 Å². The van der Waals surface area contributed by atoms with E-state index in [0.717, 1.165) is 5.56 Å². The Morgan fingerprint density at radius 1 is 1.00 bits per heavy atom. The highest BCUT2D eigenvalue weighted by molar-refractivity contribution is 6.35. The van der Waals surface area contributed by atoms with Crippen molar-refractivity contribution in [1.82, 2.24) is 9.97 Å². The quantitative estimate of drug-likeness (QED) is 0.564. The Labute approximate surface area is 131 Å². The van der Waals surface area contributed by atoms with Gasteiger partial charge in [0.15, 0.2) is 5.82 Å². The summed E-state index contributed by atoms with van der Waals surface area (Å²) in [6, 6.07) is 8.60. The number of hydrogen-bond donors (Lipinski definition) is 0. The number of hydrogen-bond acceptors (Lipinski definition) is 2. The Bertz CT molecular complexity index is 863. The number of benzene rings is 2. The second-order valence-electron chi connectivity index (χ2n) is 4.89. The van der Waals surface area contributed by atoms with Crippen LogP contribution in [0.25, 0.3) is 22.3 Å². The zero-order valence-corrected chi connectivity index (χ0v) is 12.9. The minimum Gasteiger partial charge on any atom is -0.228 e. The second kappa shape index (κ2) is 5.24. The first-order chi connectivity index (χ1) is 9.97. The van der Waals surface area contributed by atoms with Crippen molar-refractivity contribution >= 4 is 34.1 Å². The minimum atomic E-state index is -0.321. The summed E-state index contributed by atoms with van der Waals surface area (Å²) in [6.07, 6.45) is 0. The Morgan fingerprint density at radius 2 is 1.76 bits per heavy atom. The third-order valence-corrected chi connectivity index (χ3v) is 4.15. The van der Waals surface area contributed by atoms with Crippen LogP contribution in [0.15, 0.2) is 30.3 Å². The Balaban J connectivity index is 2.30. The molecule has 0 saturated carbocycles. The van der Waals surface area contributed by atoms with Crippen LogP contribution in [-0.4, -0.2) is 9.97 Å². The van der Waals surface area contributed by atoms with Crippen LogP contribution < -0.4 is 0 Å². The summed E-state index contributed by atoms with van der Waals surface area (Å²) in [7, 11) is 0. The third kappa shape index (κ3) is 2.47. The van der Waals surface area contributed by atoms with Gasteiger partial charge in [-0.3, -0.25) is 0 Å². The highest BCUT2D eigenvalue weighted by Crippen LogP contribution is 2.31. The summed E-state index contributed by atoms with van der Waals surface area (Å²) in [5.41, 5.74) is 2.57. The fourth-order valence-electron chi connectivity index (χ4n) is 2.16. The van der Waals surface area contributed by atoms with Crippen molar-refractivity contribution in [2.24, 2.45) is 0 Å². The van der Waals surface area contributed by atoms with E-state index in [1.54, 1.807) is 13.0 Å². The molecule has 0 radical (unpaired) electrons. The fourth-order valence-corrected chi connectivity index (χ4v) is 2.60. The first-order valence-electron chi connectivity index (χ1n) is 6.36. The molecule has 0 bridgehead atoms. The molecule has 0 aliphatic rings. The zero-order valence-electron chi connectivity index (χ0n) is 11.4. The molecule has 2 nitrogen and oxygen atoms in total. The highest BCUT2D eigenvalue weighted by atomic mass is 35.5. The third-order valence-electron chi connectivity index (χ3n) is 3.36. The van der Waals surface area contributed by atoms with Crippen LogP contribution >= 0.6 is 23.2 Å². The Hall–Kier alpha value is -1.71. The number of halogens is 3. The van der Waals surface area contributed by atoms with E-state index in [2.05, 4.69) is 9.97 Å². The van der Waals surface area contributed by atoms with E-state index in [4.69, 9.17) is 23.2 Å². The van der Waals surface area contributed by atoms with Gasteiger partial charge in [0, 0.05) is 17.0 Å². The minimum absolute atomic E-state index is 0.288. The van der Waals surface area contributed by atoms with Gasteiger partial charge in [-0.1, -0.05) is 35.3 Å². The van der Waals surface area contributed by atoms with Crippen LogP contribution in [0.5, 0.6) is 0 Å². The van der Waals surface area contributed by atoms with Crippen LogP contribution in [0, 0.1) is 19.7 Å². The second-order valence-corrected chi connectivity index (χ2v) is 5.63. The SMILES string of the molecule is Cc1cc2c(Cl)nc(-c3cccc(C)c3Cl)nc2cc1F. The molecule has 0 amide bonds. The average Bonchev–Trinajstić information content (AvgIpc) is 2.44. The number of aromatic nitrogens is 2. The van der Waals surface area contributed by atoms with Gasteiger partial charge in [0.05, 0.1) is 10.5 Å². The lowest BCUT2D eigenvalue weighted by Gasteiger charge is -2.08. The maximum Gasteiger partial charge on any atom is 0.163 e. The van der Waals surface area contributed by atoms with Crippen LogP contribution in [0.2, 0.25) is 10.2 Å². The van der Waals surface area contributed by atoms with Gasteiger partial charge in [-0.25, -0.2) is 14.4 Å². The molecule has 106 valence electrons. The average molecular weight is 321 g/mol. The van der Waals surface area contributed by atoms with Crippen molar-refractivity contribution in [2.45, 2.75) is 13.8 Å². The summed E-state index contributed by atoms with van der Waals surface area (Å²) in [5, 5.41) is 1.49. The number of rotatable bonds is 1. The Kier molecular flexibility index (Phi) is 3.56. The topological polar surface area (TPSA) is 25.8 Å². The first-order valence-corrected chi connectivity index (χ1v) is 7.12. The van der Waals surface area contributed by atoms with Gasteiger partial charge in [-0.2, -0.15) is 0 Å². The van der Waals surface area contributed by atoms with Gasteiger partial charge in [-0.15, -0.1) is 0 Å². The van der Waals surface area contributed by atoms with Crippen molar-refractivity contribution in [3.05, 3.63) is 57.5 Å². The lowest BCUT2D eigenvalue weighted by atomic mass is 10.1. The molecule has 5 heteroatoms. The largest absolute Gasteiger partial charge is 0.228 e. The molecule has 21 heavy (non-hydrogen) atoms. The molecule has 0 aliphatic carbocycles. The van der Waals surface area contributed by atoms with E-state index in [9.17, 15) is 4.39 Å². The molecule has 1 heterocycles. The molecule has 0 aliphatic heterocycles. The van der Waals surface area contributed by atoms with E-state index in [1.807, 2.05) is 25.1 Å². The molecule has 0 saturated heterocycles. The van der Waals surface area contributed by atoms with Crippen LogP contribution in [0.4, 0.5) is 4.39 Å². The highest BCUT2D eigenvalue weighted by Gasteiger charge is 2.13. The van der Waals surface area contributed by atoms with Gasteiger partial charge in [-0.05, 0) is 37.1 Å².